The second-order valence-electron chi connectivity index (χ2n) is 8.05. The highest BCUT2D eigenvalue weighted by Crippen LogP contribution is 2.36. The van der Waals surface area contributed by atoms with Crippen molar-refractivity contribution in [1.29, 1.82) is 0 Å². The number of aliphatic hydroxyl groups excluding tert-OH is 1. The third-order valence-corrected chi connectivity index (χ3v) is 6.72. The smallest absolute Gasteiger partial charge is 0.315 e. The quantitative estimate of drug-likeness (QED) is 0.228. The Morgan fingerprint density at radius 1 is 1.16 bits per heavy atom. The number of thioether (sulfide) groups is 1. The highest BCUT2D eigenvalue weighted by Gasteiger charge is 2.42. The minimum atomic E-state index is -0.312. The van der Waals surface area contributed by atoms with Gasteiger partial charge in [-0.15, -0.1) is 0 Å². The summed E-state index contributed by atoms with van der Waals surface area (Å²) < 4.78 is 0. The number of ketones is 2. The van der Waals surface area contributed by atoms with Gasteiger partial charge >= 0.3 is 6.03 Å². The van der Waals surface area contributed by atoms with Crippen LogP contribution in [0.1, 0.15) is 52.4 Å². The minimum absolute atomic E-state index is 0.0295. The molecule has 138 valence electrons. The molecule has 0 spiro atoms. The van der Waals surface area contributed by atoms with Crippen molar-refractivity contribution in [1.82, 2.24) is 10.6 Å². The number of fused-ring (bicyclic) bond motifs is 1. The van der Waals surface area contributed by atoms with E-state index in [4.69, 9.17) is 0 Å². The summed E-state index contributed by atoms with van der Waals surface area (Å²) >= 11 is 1.86. The molecule has 0 radical (unpaired) electrons. The van der Waals surface area contributed by atoms with Crippen LogP contribution >= 0.6 is 11.8 Å². The van der Waals surface area contributed by atoms with Gasteiger partial charge in [-0.25, -0.2) is 4.79 Å². The lowest BCUT2D eigenvalue weighted by Gasteiger charge is -2.28. The number of urea groups is 1. The molecule has 6 nitrogen and oxygen atoms in total. The molecule has 3 fully saturated rings. The maximum Gasteiger partial charge on any atom is 0.315 e. The first-order valence-electron chi connectivity index (χ1n) is 8.94. The summed E-state index contributed by atoms with van der Waals surface area (Å²) in [6, 6.07) is 0.326. The fraction of sp³-hybridized carbons (Fsp3) is 0.722. The topological polar surface area (TPSA) is 95.5 Å². The summed E-state index contributed by atoms with van der Waals surface area (Å²) in [6.45, 7) is 3.81. The summed E-state index contributed by atoms with van der Waals surface area (Å²) in [4.78, 5) is 35.7. The standard InChI is InChI=1S/C18H26N2O4S/c1-18(2)7-12(22)15(13(23)8-18)11(21)5-3-4-6-14-16-10(9-25-14)19-17(24)20-16/h10,14,16,21H,3-9H2,1-2H3,(H2,19,20,24)/t10-,14-,16-/m0/s1. The number of carbonyl (C=O) groups is 3. The zero-order valence-corrected chi connectivity index (χ0v) is 15.6. The van der Waals surface area contributed by atoms with E-state index in [2.05, 4.69) is 10.6 Å². The van der Waals surface area contributed by atoms with Gasteiger partial charge in [0.15, 0.2) is 11.6 Å². The highest BCUT2D eigenvalue weighted by molar-refractivity contribution is 8.00. The largest absolute Gasteiger partial charge is 0.511 e. The molecule has 0 aromatic carbocycles. The number of nitrogens with one attached hydrogen (secondary N) is 2. The molecule has 3 atom stereocenters. The lowest BCUT2D eigenvalue weighted by molar-refractivity contribution is -0.127. The Labute approximate surface area is 152 Å². The third-order valence-electron chi connectivity index (χ3n) is 5.21. The Balaban J connectivity index is 1.48. The van der Waals surface area contributed by atoms with Crippen molar-refractivity contribution in [3.05, 3.63) is 11.3 Å². The number of aliphatic hydroxyl groups is 1. The normalized spacial score (nSPS) is 30.9. The molecule has 3 rings (SSSR count). The van der Waals surface area contributed by atoms with Gasteiger partial charge in [0.2, 0.25) is 0 Å². The lowest BCUT2D eigenvalue weighted by Crippen LogP contribution is -2.36. The number of allylic oxidation sites excluding steroid dienone is 2. The lowest BCUT2D eigenvalue weighted by atomic mass is 9.73. The zero-order valence-electron chi connectivity index (χ0n) is 14.8. The van der Waals surface area contributed by atoms with Crippen LogP contribution in [0.25, 0.3) is 0 Å². The molecule has 0 aromatic heterocycles. The van der Waals surface area contributed by atoms with Crippen molar-refractivity contribution in [2.45, 2.75) is 69.7 Å². The van der Waals surface area contributed by atoms with E-state index in [1.807, 2.05) is 25.6 Å². The van der Waals surface area contributed by atoms with Crippen LogP contribution in [0.15, 0.2) is 11.3 Å². The van der Waals surface area contributed by atoms with Crippen LogP contribution in [0.4, 0.5) is 4.79 Å². The van der Waals surface area contributed by atoms with Crippen molar-refractivity contribution >= 4 is 29.4 Å². The summed E-state index contributed by atoms with van der Waals surface area (Å²) in [6.07, 6.45) is 3.56. The van der Waals surface area contributed by atoms with Crippen LogP contribution in [-0.4, -0.2) is 45.8 Å². The average molecular weight is 366 g/mol. The van der Waals surface area contributed by atoms with Gasteiger partial charge in [-0.2, -0.15) is 11.8 Å². The Kier molecular flexibility index (Phi) is 5.14. The van der Waals surface area contributed by atoms with E-state index in [9.17, 15) is 19.5 Å². The van der Waals surface area contributed by atoms with Gasteiger partial charge in [0.1, 0.15) is 5.76 Å². The average Bonchev–Trinajstić information content (AvgIpc) is 3.01. The number of hydrogen-bond acceptors (Lipinski definition) is 5. The van der Waals surface area contributed by atoms with Crippen molar-refractivity contribution in [2.75, 3.05) is 5.75 Å². The van der Waals surface area contributed by atoms with Gasteiger partial charge in [-0.1, -0.05) is 20.3 Å². The molecule has 0 bridgehead atoms. The Morgan fingerprint density at radius 3 is 2.52 bits per heavy atom. The van der Waals surface area contributed by atoms with Gasteiger partial charge in [-0.3, -0.25) is 9.59 Å². The van der Waals surface area contributed by atoms with Crippen LogP contribution in [0.2, 0.25) is 0 Å². The predicted molar refractivity (Wildman–Crippen MR) is 96.6 cm³/mol. The molecule has 2 amide bonds. The van der Waals surface area contributed by atoms with E-state index in [0.717, 1.165) is 25.0 Å². The van der Waals surface area contributed by atoms with E-state index in [1.165, 1.54) is 0 Å². The Hall–Kier alpha value is -1.50. The highest BCUT2D eigenvalue weighted by atomic mass is 32.2. The maximum atomic E-state index is 12.2. The van der Waals surface area contributed by atoms with E-state index in [1.54, 1.807) is 0 Å². The summed E-state index contributed by atoms with van der Waals surface area (Å²) in [5.41, 5.74) is -0.282. The SMILES string of the molecule is CC1(C)CC(=O)C(=C(O)CCCC[C@@H]2SC[C@@H]3NC(=O)N[C@@H]32)C(=O)C1. The van der Waals surface area contributed by atoms with E-state index in [0.29, 0.717) is 24.5 Å². The molecule has 1 saturated carbocycles. The van der Waals surface area contributed by atoms with Gasteiger partial charge in [0.05, 0.1) is 17.7 Å². The molecule has 0 unspecified atom stereocenters. The van der Waals surface area contributed by atoms with Gasteiger partial charge < -0.3 is 15.7 Å². The third kappa shape index (κ3) is 4.02. The number of amides is 2. The number of carbonyl (C=O) groups excluding carboxylic acids is 3. The summed E-state index contributed by atoms with van der Waals surface area (Å²) in [5.74, 6) is 0.431. The van der Waals surface area contributed by atoms with Gasteiger partial charge in [-0.05, 0) is 18.3 Å². The van der Waals surface area contributed by atoms with Crippen LogP contribution in [-0.2, 0) is 9.59 Å². The number of rotatable bonds is 5. The first kappa shape index (κ1) is 18.3. The molecule has 1 aliphatic carbocycles. The van der Waals surface area contributed by atoms with Crippen LogP contribution in [0.5, 0.6) is 0 Å². The van der Waals surface area contributed by atoms with Crippen LogP contribution in [0.3, 0.4) is 0 Å². The van der Waals surface area contributed by atoms with E-state index in [-0.39, 0.29) is 46.4 Å². The Morgan fingerprint density at radius 2 is 1.84 bits per heavy atom. The van der Waals surface area contributed by atoms with Crippen molar-refractivity contribution in [2.24, 2.45) is 5.41 Å². The minimum Gasteiger partial charge on any atom is -0.511 e. The van der Waals surface area contributed by atoms with Gasteiger partial charge in [0, 0.05) is 30.3 Å². The van der Waals surface area contributed by atoms with Crippen LogP contribution < -0.4 is 10.6 Å². The molecule has 3 N–H and O–H groups in total. The van der Waals surface area contributed by atoms with Crippen molar-refractivity contribution in [3.8, 4) is 0 Å². The maximum absolute atomic E-state index is 12.2. The second kappa shape index (κ2) is 7.02. The van der Waals surface area contributed by atoms with E-state index < -0.39 is 0 Å². The number of unbranched alkanes of at least 4 members (excludes halogenated alkanes) is 1. The zero-order chi connectivity index (χ0) is 18.2. The van der Waals surface area contributed by atoms with Gasteiger partial charge in [0.25, 0.3) is 0 Å². The number of Topliss-reactive ketones (excluding diaryl/α,β-unsaturated/α-hetero) is 2. The Bertz CT molecular complexity index is 607. The monoisotopic (exact) mass is 366 g/mol. The fourth-order valence-electron chi connectivity index (χ4n) is 3.99. The molecule has 0 aromatic rings. The second-order valence-corrected chi connectivity index (χ2v) is 9.33. The summed E-state index contributed by atoms with van der Waals surface area (Å²) in [7, 11) is 0. The molecular formula is C18H26N2O4S. The molecule has 7 heteroatoms. The van der Waals surface area contributed by atoms with Crippen molar-refractivity contribution in [3.63, 3.8) is 0 Å². The molecule has 2 saturated heterocycles. The van der Waals surface area contributed by atoms with E-state index >= 15 is 0 Å². The molecule has 25 heavy (non-hydrogen) atoms. The predicted octanol–water partition coefficient (Wildman–Crippen LogP) is 2.48. The van der Waals surface area contributed by atoms with Crippen LogP contribution in [0, 0.1) is 5.41 Å². The molecular weight excluding hydrogens is 340 g/mol. The van der Waals surface area contributed by atoms with Crippen molar-refractivity contribution < 1.29 is 19.5 Å². The molecule has 2 aliphatic heterocycles. The number of hydrogen-bond donors (Lipinski definition) is 3. The molecule has 2 heterocycles. The fourth-order valence-corrected chi connectivity index (χ4v) is 5.54. The first-order chi connectivity index (χ1) is 11.8. The molecule has 3 aliphatic rings. The summed E-state index contributed by atoms with van der Waals surface area (Å²) in [5, 5.41) is 16.5. The first-order valence-corrected chi connectivity index (χ1v) is 9.99.